The van der Waals surface area contributed by atoms with Crippen LogP contribution < -0.4 is 0 Å². The predicted octanol–water partition coefficient (Wildman–Crippen LogP) is 6.61. The average Bonchev–Trinajstić information content (AvgIpc) is 2.63. The van der Waals surface area contributed by atoms with E-state index in [0.29, 0.717) is 11.3 Å². The lowest BCUT2D eigenvalue weighted by atomic mass is 9.69. The van der Waals surface area contributed by atoms with E-state index < -0.39 is 0 Å². The first-order chi connectivity index (χ1) is 12.2. The number of hydrogen-bond acceptors (Lipinski definition) is 0. The summed E-state index contributed by atoms with van der Waals surface area (Å²) in [6, 6.07) is 16.3. The Balaban J connectivity index is 1.90. The Bertz CT molecular complexity index is 896. The molecule has 0 aliphatic heterocycles. The molecule has 0 bridgehead atoms. The maximum Gasteiger partial charge on any atom is 0.131 e. The van der Waals surface area contributed by atoms with Crippen LogP contribution in [-0.2, 0) is 6.42 Å². The zero-order chi connectivity index (χ0) is 17.4. The summed E-state index contributed by atoms with van der Waals surface area (Å²) >= 11 is 0. The molecule has 0 amide bonds. The lowest BCUT2D eigenvalue weighted by Gasteiger charge is -2.35. The quantitative estimate of drug-likeness (QED) is 0.504. The normalized spacial score (nSPS) is 19.8. The van der Waals surface area contributed by atoms with Crippen LogP contribution in [-0.4, -0.2) is 0 Å². The second-order valence-corrected chi connectivity index (χ2v) is 7.08. The highest BCUT2D eigenvalue weighted by molar-refractivity contribution is 5.88. The van der Waals surface area contributed by atoms with Crippen LogP contribution in [0.4, 0.5) is 8.78 Å². The first-order valence-electron chi connectivity index (χ1n) is 9.14. The minimum atomic E-state index is -0.201. The molecule has 0 heterocycles. The largest absolute Gasteiger partial charge is 0.207 e. The van der Waals surface area contributed by atoms with E-state index in [2.05, 4.69) is 13.0 Å². The predicted molar refractivity (Wildman–Crippen MR) is 98.9 cm³/mol. The van der Waals surface area contributed by atoms with Crippen molar-refractivity contribution in [3.05, 3.63) is 82.9 Å². The van der Waals surface area contributed by atoms with Gasteiger partial charge in [-0.2, -0.15) is 0 Å². The monoisotopic (exact) mass is 336 g/mol. The first kappa shape index (κ1) is 16.3. The number of hydrogen-bond donors (Lipinski definition) is 0. The van der Waals surface area contributed by atoms with Gasteiger partial charge in [0.1, 0.15) is 11.6 Å². The lowest BCUT2D eigenvalue weighted by molar-refractivity contribution is 0.380. The summed E-state index contributed by atoms with van der Waals surface area (Å²) in [4.78, 5) is 0. The summed E-state index contributed by atoms with van der Waals surface area (Å²) in [5, 5.41) is 1.73. The van der Waals surface area contributed by atoms with Crippen LogP contribution in [0, 0.1) is 17.6 Å². The molecule has 0 nitrogen and oxygen atoms in total. The van der Waals surface area contributed by atoms with Crippen LogP contribution in [0.5, 0.6) is 0 Å². The Morgan fingerprint density at radius 3 is 2.48 bits per heavy atom. The first-order valence-corrected chi connectivity index (χ1v) is 9.14. The van der Waals surface area contributed by atoms with Gasteiger partial charge >= 0.3 is 0 Å². The van der Waals surface area contributed by atoms with Gasteiger partial charge in [0.2, 0.25) is 0 Å². The van der Waals surface area contributed by atoms with Crippen LogP contribution in [0.15, 0.2) is 54.6 Å². The van der Waals surface area contributed by atoms with Crippen LogP contribution in [0.2, 0.25) is 0 Å². The summed E-state index contributed by atoms with van der Waals surface area (Å²) in [5.74, 6) is 0.452. The van der Waals surface area contributed by atoms with E-state index in [4.69, 9.17) is 0 Å². The Hall–Kier alpha value is -2.22. The Labute approximate surface area is 147 Å². The molecule has 25 heavy (non-hydrogen) atoms. The molecular formula is C23H22F2. The molecule has 0 saturated carbocycles. The fourth-order valence-corrected chi connectivity index (χ4v) is 4.52. The maximum absolute atomic E-state index is 14.2. The van der Waals surface area contributed by atoms with E-state index in [1.165, 1.54) is 17.2 Å². The van der Waals surface area contributed by atoms with Gasteiger partial charge in [-0.15, -0.1) is 0 Å². The van der Waals surface area contributed by atoms with E-state index in [9.17, 15) is 8.78 Å². The van der Waals surface area contributed by atoms with Crippen LogP contribution in [0.3, 0.4) is 0 Å². The molecule has 1 aliphatic rings. The third-order valence-corrected chi connectivity index (χ3v) is 5.62. The molecule has 3 aromatic carbocycles. The van der Waals surface area contributed by atoms with Gasteiger partial charge in [0.15, 0.2) is 0 Å². The lowest BCUT2D eigenvalue weighted by Crippen LogP contribution is -2.22. The number of aryl methyl sites for hydroxylation is 1. The molecule has 0 spiro atoms. The molecule has 0 aromatic heterocycles. The van der Waals surface area contributed by atoms with Gasteiger partial charge < -0.3 is 0 Å². The van der Waals surface area contributed by atoms with Gasteiger partial charge in [-0.25, -0.2) is 8.78 Å². The molecule has 2 heteroatoms. The SMILES string of the molecule is CCCC1CCc2c(ccc3c(F)cccc23)C1c1ccc(F)cc1. The van der Waals surface area contributed by atoms with Crippen molar-refractivity contribution in [2.45, 2.75) is 38.5 Å². The Morgan fingerprint density at radius 2 is 1.72 bits per heavy atom. The van der Waals surface area contributed by atoms with Crippen LogP contribution >= 0.6 is 0 Å². The zero-order valence-corrected chi connectivity index (χ0v) is 14.4. The summed E-state index contributed by atoms with van der Waals surface area (Å²) in [5.41, 5.74) is 3.71. The fraction of sp³-hybridized carbons (Fsp3) is 0.304. The van der Waals surface area contributed by atoms with Crippen molar-refractivity contribution in [2.75, 3.05) is 0 Å². The van der Waals surface area contributed by atoms with Crippen LogP contribution in [0.1, 0.15) is 48.8 Å². The van der Waals surface area contributed by atoms with Gasteiger partial charge in [-0.05, 0) is 65.5 Å². The van der Waals surface area contributed by atoms with Crippen molar-refractivity contribution in [3.8, 4) is 0 Å². The maximum atomic E-state index is 14.2. The standard InChI is InChI=1S/C23H22F2/c1-2-4-15-9-12-19-18-5-3-6-22(25)20(18)13-14-21(19)23(15)16-7-10-17(24)11-8-16/h3,5-8,10-11,13-15,23H,2,4,9,12H2,1H3. The topological polar surface area (TPSA) is 0 Å². The summed E-state index contributed by atoms with van der Waals surface area (Å²) in [6.07, 6.45) is 4.37. The number of benzene rings is 3. The Kier molecular flexibility index (Phi) is 4.29. The number of rotatable bonds is 3. The van der Waals surface area contributed by atoms with E-state index in [1.807, 2.05) is 24.3 Å². The molecule has 0 radical (unpaired) electrons. The third-order valence-electron chi connectivity index (χ3n) is 5.62. The van der Waals surface area contributed by atoms with Gasteiger partial charge in [0, 0.05) is 11.3 Å². The minimum Gasteiger partial charge on any atom is -0.207 e. The summed E-state index contributed by atoms with van der Waals surface area (Å²) in [7, 11) is 0. The van der Waals surface area contributed by atoms with Crippen molar-refractivity contribution in [1.82, 2.24) is 0 Å². The molecule has 0 N–H and O–H groups in total. The van der Waals surface area contributed by atoms with E-state index >= 15 is 0 Å². The van der Waals surface area contributed by atoms with Gasteiger partial charge in [-0.3, -0.25) is 0 Å². The second-order valence-electron chi connectivity index (χ2n) is 7.08. The van der Waals surface area contributed by atoms with Gasteiger partial charge in [0.05, 0.1) is 0 Å². The highest BCUT2D eigenvalue weighted by atomic mass is 19.1. The Morgan fingerprint density at radius 1 is 0.920 bits per heavy atom. The molecule has 2 unspecified atom stereocenters. The van der Waals surface area contributed by atoms with Crippen molar-refractivity contribution in [3.63, 3.8) is 0 Å². The number of fused-ring (bicyclic) bond motifs is 3. The minimum absolute atomic E-state index is 0.158. The molecule has 3 aromatic rings. The van der Waals surface area contributed by atoms with E-state index in [0.717, 1.165) is 36.6 Å². The molecule has 2 atom stereocenters. The third kappa shape index (κ3) is 2.84. The van der Waals surface area contributed by atoms with Gasteiger partial charge in [0.25, 0.3) is 0 Å². The number of halogens is 2. The molecule has 4 rings (SSSR count). The highest BCUT2D eigenvalue weighted by Crippen LogP contribution is 2.45. The van der Waals surface area contributed by atoms with Gasteiger partial charge in [-0.1, -0.05) is 49.7 Å². The van der Waals surface area contributed by atoms with Crippen molar-refractivity contribution < 1.29 is 8.78 Å². The second kappa shape index (κ2) is 6.59. The van der Waals surface area contributed by atoms with Crippen molar-refractivity contribution in [2.24, 2.45) is 5.92 Å². The molecule has 0 fully saturated rings. The van der Waals surface area contributed by atoms with Crippen LogP contribution in [0.25, 0.3) is 10.8 Å². The van der Waals surface area contributed by atoms with E-state index in [-0.39, 0.29) is 17.6 Å². The molecular weight excluding hydrogens is 314 g/mol. The molecule has 0 saturated heterocycles. The molecule has 128 valence electrons. The zero-order valence-electron chi connectivity index (χ0n) is 14.4. The summed E-state index contributed by atoms with van der Waals surface area (Å²) < 4.78 is 27.6. The van der Waals surface area contributed by atoms with E-state index in [1.54, 1.807) is 18.2 Å². The van der Waals surface area contributed by atoms with Crippen molar-refractivity contribution >= 4 is 10.8 Å². The summed E-state index contributed by atoms with van der Waals surface area (Å²) in [6.45, 7) is 2.22. The average molecular weight is 336 g/mol. The highest BCUT2D eigenvalue weighted by Gasteiger charge is 2.31. The molecule has 1 aliphatic carbocycles. The smallest absolute Gasteiger partial charge is 0.131 e. The fourth-order valence-electron chi connectivity index (χ4n) is 4.52. The van der Waals surface area contributed by atoms with Crippen molar-refractivity contribution in [1.29, 1.82) is 0 Å².